The van der Waals surface area contributed by atoms with E-state index in [9.17, 15) is 4.79 Å². The predicted octanol–water partition coefficient (Wildman–Crippen LogP) is 1.87. The Balaban J connectivity index is 2.04. The van der Waals surface area contributed by atoms with E-state index in [1.54, 1.807) is 6.07 Å². The van der Waals surface area contributed by atoms with Crippen molar-refractivity contribution in [3.8, 4) is 11.8 Å². The normalized spacial score (nSPS) is 21.0. The Morgan fingerprint density at radius 2 is 2.21 bits per heavy atom. The van der Waals surface area contributed by atoms with Gasteiger partial charge in [-0.1, -0.05) is 18.8 Å². The van der Waals surface area contributed by atoms with Crippen LogP contribution in [0.4, 0.5) is 0 Å². The molecule has 0 radical (unpaired) electrons. The van der Waals surface area contributed by atoms with Crippen molar-refractivity contribution in [2.24, 2.45) is 5.92 Å². The summed E-state index contributed by atoms with van der Waals surface area (Å²) in [5.41, 5.74) is 2.48. The Hall–Kier alpha value is -1.79. The Labute approximate surface area is 114 Å². The summed E-state index contributed by atoms with van der Waals surface area (Å²) in [6.45, 7) is 3.96. The van der Waals surface area contributed by atoms with E-state index in [1.165, 1.54) is 0 Å². The molecule has 3 nitrogen and oxygen atoms in total. The van der Waals surface area contributed by atoms with Gasteiger partial charge >= 0.3 is 0 Å². The molecule has 1 saturated carbocycles. The van der Waals surface area contributed by atoms with Crippen molar-refractivity contribution < 1.29 is 9.90 Å². The zero-order chi connectivity index (χ0) is 13.8. The van der Waals surface area contributed by atoms with E-state index in [-0.39, 0.29) is 12.5 Å². The van der Waals surface area contributed by atoms with Gasteiger partial charge in [0.2, 0.25) is 0 Å². The Kier molecular flexibility index (Phi) is 4.24. The third-order valence-corrected chi connectivity index (χ3v) is 3.50. The largest absolute Gasteiger partial charge is 0.384 e. The van der Waals surface area contributed by atoms with Crippen LogP contribution in [0.15, 0.2) is 18.2 Å². The molecule has 0 aliphatic heterocycles. The van der Waals surface area contributed by atoms with Gasteiger partial charge in [0.25, 0.3) is 5.91 Å². The molecule has 1 aromatic carbocycles. The van der Waals surface area contributed by atoms with Crippen LogP contribution < -0.4 is 5.32 Å². The second kappa shape index (κ2) is 5.90. The summed E-state index contributed by atoms with van der Waals surface area (Å²) in [7, 11) is 0. The molecular formula is C16H19NO2. The molecule has 0 atom stereocenters. The number of carbonyl (C=O) groups is 1. The number of amides is 1. The van der Waals surface area contributed by atoms with E-state index in [1.807, 2.05) is 19.1 Å². The highest BCUT2D eigenvalue weighted by Gasteiger charge is 2.26. The number of aliphatic hydroxyl groups is 1. The molecule has 2 rings (SSSR count). The molecule has 1 amide bonds. The highest BCUT2D eigenvalue weighted by atomic mass is 16.2. The van der Waals surface area contributed by atoms with Crippen molar-refractivity contribution in [2.45, 2.75) is 32.7 Å². The molecule has 1 fully saturated rings. The summed E-state index contributed by atoms with van der Waals surface area (Å²) in [6.07, 6.45) is 2.15. The first-order chi connectivity index (χ1) is 9.10. The summed E-state index contributed by atoms with van der Waals surface area (Å²) < 4.78 is 0. The van der Waals surface area contributed by atoms with Crippen molar-refractivity contribution >= 4 is 5.91 Å². The van der Waals surface area contributed by atoms with Crippen molar-refractivity contribution in [1.82, 2.24) is 5.32 Å². The van der Waals surface area contributed by atoms with E-state index >= 15 is 0 Å². The minimum atomic E-state index is -0.151. The Morgan fingerprint density at radius 1 is 1.47 bits per heavy atom. The van der Waals surface area contributed by atoms with E-state index in [0.29, 0.717) is 11.6 Å². The number of nitrogens with one attached hydrogen (secondary N) is 1. The summed E-state index contributed by atoms with van der Waals surface area (Å²) in [4.78, 5) is 12.0. The van der Waals surface area contributed by atoms with Gasteiger partial charge in [-0.3, -0.25) is 4.79 Å². The van der Waals surface area contributed by atoms with Crippen molar-refractivity contribution in [3.05, 3.63) is 34.9 Å². The summed E-state index contributed by atoms with van der Waals surface area (Å²) >= 11 is 0. The number of benzene rings is 1. The van der Waals surface area contributed by atoms with Crippen LogP contribution in [-0.4, -0.2) is 23.7 Å². The van der Waals surface area contributed by atoms with Crippen LogP contribution in [0, 0.1) is 24.7 Å². The lowest BCUT2D eigenvalue weighted by molar-refractivity contribution is 0.0896. The van der Waals surface area contributed by atoms with Gasteiger partial charge in [0.15, 0.2) is 0 Å². The van der Waals surface area contributed by atoms with Crippen LogP contribution in [0.5, 0.6) is 0 Å². The molecule has 0 heterocycles. The topological polar surface area (TPSA) is 49.3 Å². The van der Waals surface area contributed by atoms with E-state index < -0.39 is 0 Å². The lowest BCUT2D eigenvalue weighted by Crippen LogP contribution is -2.43. The Bertz CT molecular complexity index is 533. The fourth-order valence-electron chi connectivity index (χ4n) is 2.37. The van der Waals surface area contributed by atoms with E-state index in [0.717, 1.165) is 29.9 Å². The number of aryl methyl sites for hydroxylation is 1. The fraction of sp³-hybridized carbons (Fsp3) is 0.438. The lowest BCUT2D eigenvalue weighted by Gasteiger charge is -2.33. The molecule has 19 heavy (non-hydrogen) atoms. The monoisotopic (exact) mass is 257 g/mol. The minimum absolute atomic E-state index is 0.0123. The van der Waals surface area contributed by atoms with Gasteiger partial charge < -0.3 is 10.4 Å². The summed E-state index contributed by atoms with van der Waals surface area (Å²) in [5.74, 6) is 6.19. The molecule has 0 bridgehead atoms. The second-order valence-electron chi connectivity index (χ2n) is 5.24. The van der Waals surface area contributed by atoms with Crippen LogP contribution >= 0.6 is 0 Å². The number of hydrogen-bond donors (Lipinski definition) is 2. The quantitative estimate of drug-likeness (QED) is 0.795. The highest BCUT2D eigenvalue weighted by molar-refractivity contribution is 5.94. The standard InChI is InChI=1S/C16H19NO2/c1-11-8-15(9-11)17-16(19)14-6-5-13(4-3-7-18)12(2)10-14/h5-6,10-11,15,18H,7-9H2,1-2H3,(H,17,19). The van der Waals surface area contributed by atoms with Crippen LogP contribution in [-0.2, 0) is 0 Å². The van der Waals surface area contributed by atoms with Crippen LogP contribution in [0.3, 0.4) is 0 Å². The Morgan fingerprint density at radius 3 is 2.79 bits per heavy atom. The molecule has 0 unspecified atom stereocenters. The molecule has 1 aliphatic carbocycles. The van der Waals surface area contributed by atoms with Gasteiger partial charge in [-0.15, -0.1) is 0 Å². The zero-order valence-electron chi connectivity index (χ0n) is 11.4. The first kappa shape index (κ1) is 13.6. The number of rotatable bonds is 2. The second-order valence-corrected chi connectivity index (χ2v) is 5.24. The molecule has 1 aromatic rings. The maximum absolute atomic E-state index is 12.0. The predicted molar refractivity (Wildman–Crippen MR) is 74.8 cm³/mol. The third-order valence-electron chi connectivity index (χ3n) is 3.50. The lowest BCUT2D eigenvalue weighted by atomic mass is 9.82. The smallest absolute Gasteiger partial charge is 0.251 e. The van der Waals surface area contributed by atoms with E-state index in [2.05, 4.69) is 24.1 Å². The number of hydrogen-bond acceptors (Lipinski definition) is 2. The molecule has 1 aliphatic rings. The van der Waals surface area contributed by atoms with Gasteiger partial charge in [0.1, 0.15) is 6.61 Å². The average molecular weight is 257 g/mol. The van der Waals surface area contributed by atoms with Gasteiger partial charge in [-0.25, -0.2) is 0 Å². The van der Waals surface area contributed by atoms with Crippen molar-refractivity contribution in [3.63, 3.8) is 0 Å². The average Bonchev–Trinajstić information content (AvgIpc) is 2.35. The van der Waals surface area contributed by atoms with Crippen molar-refractivity contribution in [1.29, 1.82) is 0 Å². The zero-order valence-corrected chi connectivity index (χ0v) is 11.4. The van der Waals surface area contributed by atoms with Gasteiger partial charge in [-0.2, -0.15) is 0 Å². The SMILES string of the molecule is Cc1cc(C(=O)NC2CC(C)C2)ccc1C#CCO. The molecule has 0 spiro atoms. The first-order valence-electron chi connectivity index (χ1n) is 6.61. The molecule has 0 saturated heterocycles. The van der Waals surface area contributed by atoms with Crippen molar-refractivity contribution in [2.75, 3.05) is 6.61 Å². The van der Waals surface area contributed by atoms with Crippen LogP contribution in [0.2, 0.25) is 0 Å². The molecular weight excluding hydrogens is 238 g/mol. The van der Waals surface area contributed by atoms with Gasteiger partial charge in [0, 0.05) is 17.2 Å². The summed E-state index contributed by atoms with van der Waals surface area (Å²) in [5, 5.41) is 11.7. The highest BCUT2D eigenvalue weighted by Crippen LogP contribution is 2.26. The molecule has 100 valence electrons. The third kappa shape index (κ3) is 3.36. The maximum atomic E-state index is 12.0. The molecule has 2 N–H and O–H groups in total. The first-order valence-corrected chi connectivity index (χ1v) is 6.61. The van der Waals surface area contributed by atoms with Gasteiger partial charge in [-0.05, 0) is 49.4 Å². The molecule has 3 heteroatoms. The maximum Gasteiger partial charge on any atom is 0.251 e. The summed E-state index contributed by atoms with van der Waals surface area (Å²) in [6, 6.07) is 5.79. The van der Waals surface area contributed by atoms with E-state index in [4.69, 9.17) is 5.11 Å². The minimum Gasteiger partial charge on any atom is -0.384 e. The van der Waals surface area contributed by atoms with Crippen LogP contribution in [0.1, 0.15) is 41.3 Å². The fourth-order valence-corrected chi connectivity index (χ4v) is 2.37. The molecule has 0 aromatic heterocycles. The number of carbonyl (C=O) groups excluding carboxylic acids is 1. The number of aliphatic hydroxyl groups excluding tert-OH is 1. The van der Waals surface area contributed by atoms with Gasteiger partial charge in [0.05, 0.1) is 0 Å². The van der Waals surface area contributed by atoms with Crippen LogP contribution in [0.25, 0.3) is 0 Å².